The summed E-state index contributed by atoms with van der Waals surface area (Å²) >= 11 is 0. The zero-order valence-electron chi connectivity index (χ0n) is 21.7. The van der Waals surface area contributed by atoms with Gasteiger partial charge in [0.1, 0.15) is 0 Å². The minimum atomic E-state index is 0.687. The fourth-order valence-corrected chi connectivity index (χ4v) is 3.28. The van der Waals surface area contributed by atoms with Gasteiger partial charge in [0.05, 0.1) is 0 Å². The van der Waals surface area contributed by atoms with Crippen molar-refractivity contribution < 1.29 is 0 Å². The summed E-state index contributed by atoms with van der Waals surface area (Å²) in [6.45, 7) is 20.6. The van der Waals surface area contributed by atoms with Crippen LogP contribution >= 0.6 is 0 Å². The van der Waals surface area contributed by atoms with Crippen LogP contribution in [-0.2, 0) is 0 Å². The first-order valence-corrected chi connectivity index (χ1v) is 13.3. The van der Waals surface area contributed by atoms with Crippen LogP contribution in [-0.4, -0.2) is 149 Å². The number of nitrogens with two attached hydrogens (primary N) is 3. The Kier molecular flexibility index (Phi) is 30.1. The molecule has 0 aliphatic heterocycles. The van der Waals surface area contributed by atoms with Crippen LogP contribution in [0.5, 0.6) is 0 Å². The minimum absolute atomic E-state index is 0.687. The van der Waals surface area contributed by atoms with Gasteiger partial charge in [-0.25, -0.2) is 0 Å². The van der Waals surface area contributed by atoms with Crippen LogP contribution in [0, 0.1) is 0 Å². The Morgan fingerprint density at radius 2 is 0.559 bits per heavy atom. The Bertz CT molecular complexity index is 359. The Morgan fingerprint density at radius 1 is 0.294 bits per heavy atom. The monoisotopic (exact) mass is 490 g/mol. The molecular weight excluding hydrogens is 432 g/mol. The Morgan fingerprint density at radius 3 is 0.824 bits per heavy atom. The fourth-order valence-electron chi connectivity index (χ4n) is 3.28. The lowest BCUT2D eigenvalue weighted by molar-refractivity contribution is 0.288. The molecule has 0 aromatic heterocycles. The highest BCUT2D eigenvalue weighted by Crippen LogP contribution is 1.83. The number of rotatable bonds is 30. The Balaban J connectivity index is 3.10. The van der Waals surface area contributed by atoms with Crippen molar-refractivity contribution in [1.82, 2.24) is 47.4 Å². The van der Waals surface area contributed by atoms with E-state index in [4.69, 9.17) is 17.2 Å². The SMILES string of the molecule is NCCNCCNCCNCCNCCNCCNCCNCCNCCN(CCN)CCN. The third kappa shape index (κ3) is 27.8. The first kappa shape index (κ1) is 33.5. The Hall–Kier alpha value is -0.480. The van der Waals surface area contributed by atoms with Gasteiger partial charge in [-0.2, -0.15) is 0 Å². The zero-order chi connectivity index (χ0) is 24.8. The molecule has 34 heavy (non-hydrogen) atoms. The first-order chi connectivity index (χ1) is 16.8. The summed E-state index contributed by atoms with van der Waals surface area (Å²) < 4.78 is 0. The van der Waals surface area contributed by atoms with Crippen LogP contribution in [0.1, 0.15) is 0 Å². The summed E-state index contributed by atoms with van der Waals surface area (Å²) in [5.41, 5.74) is 16.7. The van der Waals surface area contributed by atoms with E-state index in [0.29, 0.717) is 19.6 Å². The van der Waals surface area contributed by atoms with Gasteiger partial charge in [0.25, 0.3) is 0 Å². The highest BCUT2D eigenvalue weighted by Gasteiger charge is 2.01. The normalized spacial score (nSPS) is 11.6. The fraction of sp³-hybridized carbons (Fsp3) is 1.00. The summed E-state index contributed by atoms with van der Waals surface area (Å²) in [6.07, 6.45) is 0. The lowest BCUT2D eigenvalue weighted by atomic mass is 10.4. The molecule has 12 nitrogen and oxygen atoms in total. The molecule has 0 aliphatic carbocycles. The van der Waals surface area contributed by atoms with Crippen molar-refractivity contribution in [3.05, 3.63) is 0 Å². The molecule has 0 saturated heterocycles. The van der Waals surface area contributed by atoms with Crippen LogP contribution in [0.25, 0.3) is 0 Å². The van der Waals surface area contributed by atoms with Crippen LogP contribution < -0.4 is 59.7 Å². The molecule has 0 amide bonds. The van der Waals surface area contributed by atoms with Crippen LogP contribution in [0.15, 0.2) is 0 Å². The number of hydrogen-bond acceptors (Lipinski definition) is 12. The second kappa shape index (κ2) is 30.6. The molecule has 0 aliphatic rings. The number of nitrogens with one attached hydrogen (secondary N) is 8. The van der Waals surface area contributed by atoms with Gasteiger partial charge in [-0.3, -0.25) is 4.90 Å². The smallest absolute Gasteiger partial charge is 0.0108 e. The van der Waals surface area contributed by atoms with Gasteiger partial charge in [0.15, 0.2) is 0 Å². The van der Waals surface area contributed by atoms with Crippen LogP contribution in [0.2, 0.25) is 0 Å². The average molecular weight is 491 g/mol. The van der Waals surface area contributed by atoms with Crippen molar-refractivity contribution in [2.24, 2.45) is 17.2 Å². The molecule has 0 unspecified atom stereocenters. The number of nitrogens with zero attached hydrogens (tertiary/aromatic N) is 1. The van der Waals surface area contributed by atoms with E-state index in [1.807, 2.05) is 0 Å². The summed E-state index contributed by atoms with van der Waals surface area (Å²) in [5.74, 6) is 0. The zero-order valence-corrected chi connectivity index (χ0v) is 21.7. The number of hydrogen-bond donors (Lipinski definition) is 11. The molecule has 0 heterocycles. The minimum Gasteiger partial charge on any atom is -0.329 e. The predicted molar refractivity (Wildman–Crippen MR) is 147 cm³/mol. The van der Waals surface area contributed by atoms with Gasteiger partial charge < -0.3 is 59.7 Å². The van der Waals surface area contributed by atoms with Gasteiger partial charge in [0.2, 0.25) is 0 Å². The second-order valence-electron chi connectivity index (χ2n) is 8.21. The van der Waals surface area contributed by atoms with Gasteiger partial charge in [0, 0.05) is 144 Å². The van der Waals surface area contributed by atoms with E-state index in [9.17, 15) is 0 Å². The van der Waals surface area contributed by atoms with E-state index in [0.717, 1.165) is 124 Å². The van der Waals surface area contributed by atoms with Crippen molar-refractivity contribution in [3.63, 3.8) is 0 Å². The van der Waals surface area contributed by atoms with E-state index in [1.54, 1.807) is 0 Å². The molecule has 0 saturated carbocycles. The van der Waals surface area contributed by atoms with Gasteiger partial charge >= 0.3 is 0 Å². The molecule has 0 bridgehead atoms. The maximum atomic E-state index is 5.62. The molecule has 0 aromatic rings. The molecule has 0 aromatic carbocycles. The van der Waals surface area contributed by atoms with E-state index < -0.39 is 0 Å². The summed E-state index contributed by atoms with van der Waals surface area (Å²) in [4.78, 5) is 2.30. The standard InChI is InChI=1S/C22H58N12/c23-1-4-26-5-6-27-7-8-28-9-10-29-11-12-30-13-14-31-15-16-32-17-18-33-19-22-34(20-2-24)21-3-25/h26-33H,1-25H2. The summed E-state index contributed by atoms with van der Waals surface area (Å²) in [7, 11) is 0. The molecule has 12 heteroatoms. The molecule has 0 rings (SSSR count). The van der Waals surface area contributed by atoms with Crippen molar-refractivity contribution in [2.75, 3.05) is 144 Å². The van der Waals surface area contributed by atoms with Crippen molar-refractivity contribution in [1.29, 1.82) is 0 Å². The predicted octanol–water partition coefficient (Wildman–Crippen LogP) is -5.12. The lowest BCUT2D eigenvalue weighted by Crippen LogP contribution is -2.40. The van der Waals surface area contributed by atoms with E-state index >= 15 is 0 Å². The second-order valence-corrected chi connectivity index (χ2v) is 8.21. The largest absolute Gasteiger partial charge is 0.329 e. The molecule has 14 N–H and O–H groups in total. The highest BCUT2D eigenvalue weighted by molar-refractivity contribution is 4.62. The molecule has 0 atom stereocenters. The van der Waals surface area contributed by atoms with E-state index in [-0.39, 0.29) is 0 Å². The first-order valence-electron chi connectivity index (χ1n) is 13.3. The average Bonchev–Trinajstić information content (AvgIpc) is 2.84. The molecular formula is C22H58N12. The topological polar surface area (TPSA) is 178 Å². The van der Waals surface area contributed by atoms with Crippen molar-refractivity contribution in [3.8, 4) is 0 Å². The van der Waals surface area contributed by atoms with Crippen LogP contribution in [0.4, 0.5) is 0 Å². The summed E-state index contributed by atoms with van der Waals surface area (Å²) in [6, 6.07) is 0. The molecule has 0 spiro atoms. The van der Waals surface area contributed by atoms with Gasteiger partial charge in [-0.1, -0.05) is 0 Å². The lowest BCUT2D eigenvalue weighted by Gasteiger charge is -2.20. The van der Waals surface area contributed by atoms with Crippen molar-refractivity contribution in [2.45, 2.75) is 0 Å². The van der Waals surface area contributed by atoms with E-state index in [1.165, 1.54) is 0 Å². The maximum Gasteiger partial charge on any atom is 0.0108 e. The third-order valence-electron chi connectivity index (χ3n) is 5.17. The quantitative estimate of drug-likeness (QED) is 0.0432. The van der Waals surface area contributed by atoms with Crippen molar-refractivity contribution >= 4 is 0 Å². The van der Waals surface area contributed by atoms with Crippen LogP contribution in [0.3, 0.4) is 0 Å². The molecule has 206 valence electrons. The third-order valence-corrected chi connectivity index (χ3v) is 5.17. The highest BCUT2D eigenvalue weighted by atomic mass is 15.1. The molecule has 0 radical (unpaired) electrons. The van der Waals surface area contributed by atoms with Gasteiger partial charge in [-0.05, 0) is 0 Å². The van der Waals surface area contributed by atoms with E-state index in [2.05, 4.69) is 47.4 Å². The molecule has 0 fully saturated rings. The summed E-state index contributed by atoms with van der Waals surface area (Å²) in [5, 5.41) is 27.4. The maximum absolute atomic E-state index is 5.62. The van der Waals surface area contributed by atoms with Gasteiger partial charge in [-0.15, -0.1) is 0 Å². The Labute approximate surface area is 209 Å².